The van der Waals surface area contributed by atoms with Crippen LogP contribution in [0.2, 0.25) is 0 Å². The Morgan fingerprint density at radius 1 is 1.13 bits per heavy atom. The molecule has 3 rings (SSSR count). The highest BCUT2D eigenvalue weighted by Gasteiger charge is 2.25. The third kappa shape index (κ3) is 5.95. The lowest BCUT2D eigenvalue weighted by Gasteiger charge is -2.28. The molecule has 0 unspecified atom stereocenters. The lowest BCUT2D eigenvalue weighted by Crippen LogP contribution is -2.40. The van der Waals surface area contributed by atoms with E-state index >= 15 is 0 Å². The van der Waals surface area contributed by atoms with E-state index in [0.717, 1.165) is 31.4 Å². The molecule has 0 saturated heterocycles. The van der Waals surface area contributed by atoms with Crippen molar-refractivity contribution in [3.8, 4) is 11.5 Å². The molecule has 1 fully saturated rings. The molecule has 2 aromatic rings. The van der Waals surface area contributed by atoms with Crippen LogP contribution < -0.4 is 20.1 Å². The van der Waals surface area contributed by atoms with Gasteiger partial charge in [0.25, 0.3) is 11.8 Å². The molecule has 1 aromatic heterocycles. The number of carbonyl (C=O) groups is 2. The highest BCUT2D eigenvalue weighted by atomic mass is 16.5. The smallest absolute Gasteiger partial charge is 0.273 e. The number of amides is 2. The van der Waals surface area contributed by atoms with Gasteiger partial charge >= 0.3 is 0 Å². The van der Waals surface area contributed by atoms with Gasteiger partial charge in [-0.05, 0) is 63.8 Å². The van der Waals surface area contributed by atoms with E-state index in [-0.39, 0.29) is 36.5 Å². The van der Waals surface area contributed by atoms with Crippen molar-refractivity contribution in [2.24, 2.45) is 0 Å². The number of hydrogen-bond acceptors (Lipinski definition) is 6. The molecule has 0 aliphatic heterocycles. The molecule has 1 saturated carbocycles. The van der Waals surface area contributed by atoms with Crippen LogP contribution in [0.3, 0.4) is 0 Å². The first kappa shape index (κ1) is 21.6. The molecule has 0 radical (unpaired) electrons. The van der Waals surface area contributed by atoms with Gasteiger partial charge < -0.3 is 20.1 Å². The number of methoxy groups -OCH3 is 1. The van der Waals surface area contributed by atoms with Crippen molar-refractivity contribution in [3.05, 3.63) is 36.2 Å². The third-order valence-corrected chi connectivity index (χ3v) is 5.03. The fourth-order valence-electron chi connectivity index (χ4n) is 3.47. The maximum Gasteiger partial charge on any atom is 0.273 e. The van der Waals surface area contributed by atoms with Crippen molar-refractivity contribution in [3.63, 3.8) is 0 Å². The van der Waals surface area contributed by atoms with Crippen LogP contribution >= 0.6 is 0 Å². The van der Waals surface area contributed by atoms with Crippen LogP contribution in [0.5, 0.6) is 11.5 Å². The Hall–Kier alpha value is -3.10. The average molecular weight is 415 g/mol. The Labute approximate surface area is 176 Å². The molecule has 0 bridgehead atoms. The second kappa shape index (κ2) is 10.1. The molecule has 0 spiro atoms. The standard InChI is InChI=1S/C21H29N5O4/c1-14(2)22-21(28)19-12-26(25-24-19)16-6-4-15(5-7-16)23-20(27)13-30-18-10-8-17(29-3)9-11-18/h8-12,14-16H,4-7,13H2,1-3H3,(H,22,28)(H,23,27). The van der Waals surface area contributed by atoms with Gasteiger partial charge in [-0.3, -0.25) is 9.59 Å². The van der Waals surface area contributed by atoms with Crippen molar-refractivity contribution < 1.29 is 19.1 Å². The van der Waals surface area contributed by atoms with Gasteiger partial charge in [0.15, 0.2) is 12.3 Å². The van der Waals surface area contributed by atoms with Crippen LogP contribution in [-0.2, 0) is 4.79 Å². The minimum absolute atomic E-state index is 0.0242. The second-order valence-corrected chi connectivity index (χ2v) is 7.75. The van der Waals surface area contributed by atoms with E-state index in [2.05, 4.69) is 20.9 Å². The summed E-state index contributed by atoms with van der Waals surface area (Å²) in [6, 6.07) is 7.46. The van der Waals surface area contributed by atoms with Crippen molar-refractivity contribution in [2.75, 3.05) is 13.7 Å². The molecule has 0 atom stereocenters. The monoisotopic (exact) mass is 415 g/mol. The maximum atomic E-state index is 12.2. The predicted octanol–water partition coefficient (Wildman–Crippen LogP) is 2.10. The number of carbonyl (C=O) groups excluding carboxylic acids is 2. The van der Waals surface area contributed by atoms with Crippen molar-refractivity contribution >= 4 is 11.8 Å². The third-order valence-electron chi connectivity index (χ3n) is 5.03. The minimum Gasteiger partial charge on any atom is -0.497 e. The normalized spacial score (nSPS) is 18.7. The Morgan fingerprint density at radius 2 is 1.80 bits per heavy atom. The first-order valence-electron chi connectivity index (χ1n) is 10.2. The second-order valence-electron chi connectivity index (χ2n) is 7.75. The summed E-state index contributed by atoms with van der Waals surface area (Å²) in [5, 5.41) is 13.9. The van der Waals surface area contributed by atoms with Crippen molar-refractivity contribution in [1.82, 2.24) is 25.6 Å². The van der Waals surface area contributed by atoms with Crippen LogP contribution in [0.4, 0.5) is 0 Å². The Kier molecular flexibility index (Phi) is 7.26. The van der Waals surface area contributed by atoms with Crippen molar-refractivity contribution in [2.45, 2.75) is 57.7 Å². The number of rotatable bonds is 8. The molecular formula is C21H29N5O4. The largest absolute Gasteiger partial charge is 0.497 e. The fraction of sp³-hybridized carbons (Fsp3) is 0.524. The zero-order valence-corrected chi connectivity index (χ0v) is 17.6. The number of nitrogens with one attached hydrogen (secondary N) is 2. The summed E-state index contributed by atoms with van der Waals surface area (Å²) in [4.78, 5) is 24.2. The average Bonchev–Trinajstić information content (AvgIpc) is 3.23. The van der Waals surface area contributed by atoms with Gasteiger partial charge in [0.05, 0.1) is 19.3 Å². The van der Waals surface area contributed by atoms with Gasteiger partial charge in [0, 0.05) is 12.1 Å². The summed E-state index contributed by atoms with van der Waals surface area (Å²) >= 11 is 0. The molecule has 2 amide bonds. The zero-order valence-electron chi connectivity index (χ0n) is 17.6. The van der Waals surface area contributed by atoms with Crippen LogP contribution in [0.15, 0.2) is 30.5 Å². The Bertz CT molecular complexity index is 841. The lowest BCUT2D eigenvalue weighted by atomic mass is 9.91. The van der Waals surface area contributed by atoms with Gasteiger partial charge in [0.1, 0.15) is 11.5 Å². The molecule has 1 heterocycles. The van der Waals surface area contributed by atoms with Crippen molar-refractivity contribution in [1.29, 1.82) is 0 Å². The minimum atomic E-state index is -0.214. The van der Waals surface area contributed by atoms with E-state index in [1.165, 1.54) is 0 Å². The summed E-state index contributed by atoms with van der Waals surface area (Å²) in [5.41, 5.74) is 0.329. The summed E-state index contributed by atoms with van der Waals surface area (Å²) < 4.78 is 12.4. The lowest BCUT2D eigenvalue weighted by molar-refractivity contribution is -0.124. The summed E-state index contributed by atoms with van der Waals surface area (Å²) in [6.07, 6.45) is 5.10. The number of hydrogen-bond donors (Lipinski definition) is 2. The fourth-order valence-corrected chi connectivity index (χ4v) is 3.47. The molecule has 162 valence electrons. The van der Waals surface area contributed by atoms with Gasteiger partial charge in [-0.15, -0.1) is 5.10 Å². The molecule has 30 heavy (non-hydrogen) atoms. The summed E-state index contributed by atoms with van der Waals surface area (Å²) in [5.74, 6) is 1.01. The molecule has 1 aliphatic carbocycles. The summed E-state index contributed by atoms with van der Waals surface area (Å²) in [6.45, 7) is 3.78. The number of ether oxygens (including phenoxy) is 2. The molecule has 9 heteroatoms. The highest BCUT2D eigenvalue weighted by Crippen LogP contribution is 2.28. The van der Waals surface area contributed by atoms with E-state index in [4.69, 9.17) is 9.47 Å². The highest BCUT2D eigenvalue weighted by molar-refractivity contribution is 5.92. The van der Waals surface area contributed by atoms with Crippen LogP contribution in [-0.4, -0.2) is 52.6 Å². The Balaban J connectivity index is 1.41. The van der Waals surface area contributed by atoms with E-state index in [1.807, 2.05) is 13.8 Å². The van der Waals surface area contributed by atoms with E-state index < -0.39 is 0 Å². The van der Waals surface area contributed by atoms with E-state index in [9.17, 15) is 9.59 Å². The quantitative estimate of drug-likeness (QED) is 0.684. The molecule has 1 aromatic carbocycles. The SMILES string of the molecule is COc1ccc(OCC(=O)NC2CCC(n3cc(C(=O)NC(C)C)nn3)CC2)cc1. The zero-order chi connectivity index (χ0) is 21.5. The van der Waals surface area contributed by atoms with Gasteiger partial charge in [-0.25, -0.2) is 4.68 Å². The molecule has 9 nitrogen and oxygen atoms in total. The van der Waals surface area contributed by atoms with E-state index in [0.29, 0.717) is 11.4 Å². The predicted molar refractivity (Wildman–Crippen MR) is 111 cm³/mol. The van der Waals surface area contributed by atoms with Gasteiger partial charge in [0.2, 0.25) is 0 Å². The van der Waals surface area contributed by atoms with Crippen LogP contribution in [0, 0.1) is 0 Å². The first-order valence-corrected chi connectivity index (χ1v) is 10.2. The molecule has 1 aliphatic rings. The maximum absolute atomic E-state index is 12.2. The van der Waals surface area contributed by atoms with E-state index in [1.54, 1.807) is 42.3 Å². The van der Waals surface area contributed by atoms with Crippen LogP contribution in [0.1, 0.15) is 56.1 Å². The summed E-state index contributed by atoms with van der Waals surface area (Å²) in [7, 11) is 1.60. The van der Waals surface area contributed by atoms with Gasteiger partial charge in [-0.2, -0.15) is 0 Å². The Morgan fingerprint density at radius 3 is 2.43 bits per heavy atom. The van der Waals surface area contributed by atoms with Gasteiger partial charge in [-0.1, -0.05) is 5.21 Å². The molecule has 2 N–H and O–H groups in total. The first-order chi connectivity index (χ1) is 14.4. The topological polar surface area (TPSA) is 107 Å². The molecular weight excluding hydrogens is 386 g/mol. The number of benzene rings is 1. The van der Waals surface area contributed by atoms with Crippen LogP contribution in [0.25, 0.3) is 0 Å². The number of nitrogens with zero attached hydrogens (tertiary/aromatic N) is 3. The number of aromatic nitrogens is 3.